The number of methoxy groups -OCH3 is 1. The lowest BCUT2D eigenvalue weighted by Gasteiger charge is -2.08. The zero-order valence-corrected chi connectivity index (χ0v) is 10.8. The zero-order valence-electron chi connectivity index (χ0n) is 10.0. The highest BCUT2D eigenvalue weighted by Crippen LogP contribution is 2.32. The molecule has 0 aliphatic heterocycles. The van der Waals surface area contributed by atoms with Crippen molar-refractivity contribution in [2.45, 2.75) is 16.3 Å². The van der Waals surface area contributed by atoms with E-state index in [4.69, 9.17) is 10.5 Å². The summed E-state index contributed by atoms with van der Waals surface area (Å²) in [4.78, 5) is 2.00. The fraction of sp³-hybridized carbons (Fsp3) is 0.143. The third-order valence-corrected chi connectivity index (χ3v) is 3.62. The van der Waals surface area contributed by atoms with E-state index in [0.717, 1.165) is 21.1 Å². The fourth-order valence-electron chi connectivity index (χ4n) is 1.60. The molecule has 0 atom stereocenters. The zero-order chi connectivity index (χ0) is 13.0. The van der Waals surface area contributed by atoms with Crippen LogP contribution in [0.5, 0.6) is 5.75 Å². The van der Waals surface area contributed by atoms with Crippen molar-refractivity contribution < 1.29 is 9.13 Å². The fourth-order valence-corrected chi connectivity index (χ4v) is 2.58. The molecule has 0 radical (unpaired) electrons. The first-order chi connectivity index (χ1) is 8.72. The monoisotopic (exact) mass is 263 g/mol. The Hall–Kier alpha value is -1.52. The summed E-state index contributed by atoms with van der Waals surface area (Å²) in [6.45, 7) is 0.323. The van der Waals surface area contributed by atoms with E-state index in [-0.39, 0.29) is 5.82 Å². The van der Waals surface area contributed by atoms with Gasteiger partial charge in [0, 0.05) is 16.3 Å². The Kier molecular flexibility index (Phi) is 4.23. The summed E-state index contributed by atoms with van der Waals surface area (Å²) in [6, 6.07) is 12.4. The molecule has 0 aromatic heterocycles. The van der Waals surface area contributed by atoms with Gasteiger partial charge < -0.3 is 10.5 Å². The smallest absolute Gasteiger partial charge is 0.123 e. The number of ether oxygens (including phenoxy) is 1. The lowest BCUT2D eigenvalue weighted by Crippen LogP contribution is -1.99. The molecule has 94 valence electrons. The summed E-state index contributed by atoms with van der Waals surface area (Å²) in [5.74, 6) is 0.543. The molecule has 0 fully saturated rings. The summed E-state index contributed by atoms with van der Waals surface area (Å²) in [5, 5.41) is 0. The van der Waals surface area contributed by atoms with Gasteiger partial charge in [0.1, 0.15) is 11.6 Å². The molecule has 0 saturated heterocycles. The molecule has 0 heterocycles. The second-order valence-corrected chi connectivity index (χ2v) is 4.85. The molecule has 0 spiro atoms. The van der Waals surface area contributed by atoms with Crippen LogP contribution in [0.3, 0.4) is 0 Å². The maximum absolute atomic E-state index is 13.1. The number of rotatable bonds is 4. The van der Waals surface area contributed by atoms with Crippen LogP contribution in [0.2, 0.25) is 0 Å². The van der Waals surface area contributed by atoms with Gasteiger partial charge in [-0.05, 0) is 42.0 Å². The predicted molar refractivity (Wildman–Crippen MR) is 71.4 cm³/mol. The highest BCUT2D eigenvalue weighted by atomic mass is 32.2. The summed E-state index contributed by atoms with van der Waals surface area (Å²) < 4.78 is 18.3. The Morgan fingerprint density at radius 3 is 2.78 bits per heavy atom. The first kappa shape index (κ1) is 12.9. The Morgan fingerprint density at radius 1 is 1.22 bits per heavy atom. The van der Waals surface area contributed by atoms with Crippen LogP contribution < -0.4 is 10.5 Å². The van der Waals surface area contributed by atoms with Crippen LogP contribution in [0, 0.1) is 5.82 Å². The standard InChI is InChI=1S/C14H14FNOS/c1-17-12-3-2-4-13(8-12)18-14-6-5-11(15)7-10(14)9-16/h2-8H,9,16H2,1H3. The van der Waals surface area contributed by atoms with Crippen LogP contribution in [0.1, 0.15) is 5.56 Å². The van der Waals surface area contributed by atoms with Crippen LogP contribution in [-0.2, 0) is 6.54 Å². The summed E-state index contributed by atoms with van der Waals surface area (Å²) in [7, 11) is 1.63. The molecular weight excluding hydrogens is 249 g/mol. The van der Waals surface area contributed by atoms with Gasteiger partial charge in [-0.15, -0.1) is 0 Å². The molecule has 2 rings (SSSR count). The topological polar surface area (TPSA) is 35.2 Å². The molecule has 0 aliphatic rings. The van der Waals surface area contributed by atoms with Crippen LogP contribution in [-0.4, -0.2) is 7.11 Å². The lowest BCUT2D eigenvalue weighted by atomic mass is 10.2. The van der Waals surface area contributed by atoms with Gasteiger partial charge in [-0.25, -0.2) is 4.39 Å². The van der Waals surface area contributed by atoms with Crippen molar-refractivity contribution >= 4 is 11.8 Å². The van der Waals surface area contributed by atoms with Crippen molar-refractivity contribution in [3.63, 3.8) is 0 Å². The Morgan fingerprint density at radius 2 is 2.06 bits per heavy atom. The third-order valence-electron chi connectivity index (χ3n) is 2.51. The van der Waals surface area contributed by atoms with Crippen molar-refractivity contribution in [3.8, 4) is 5.75 Å². The van der Waals surface area contributed by atoms with Crippen LogP contribution >= 0.6 is 11.8 Å². The summed E-state index contributed by atoms with van der Waals surface area (Å²) >= 11 is 1.55. The SMILES string of the molecule is COc1cccc(Sc2ccc(F)cc2CN)c1. The Bertz CT molecular complexity index is 545. The number of nitrogens with two attached hydrogens (primary N) is 1. The molecule has 18 heavy (non-hydrogen) atoms. The summed E-state index contributed by atoms with van der Waals surface area (Å²) in [6.07, 6.45) is 0. The van der Waals surface area contributed by atoms with Crippen LogP contribution in [0.15, 0.2) is 52.3 Å². The second kappa shape index (κ2) is 5.89. The number of benzene rings is 2. The van der Waals surface area contributed by atoms with E-state index in [1.54, 1.807) is 24.9 Å². The molecule has 2 aromatic rings. The first-order valence-corrected chi connectivity index (χ1v) is 6.35. The molecule has 0 unspecified atom stereocenters. The van der Waals surface area contributed by atoms with Crippen molar-refractivity contribution in [2.75, 3.05) is 7.11 Å². The van der Waals surface area contributed by atoms with E-state index >= 15 is 0 Å². The Labute approximate surface area is 110 Å². The largest absolute Gasteiger partial charge is 0.497 e. The third kappa shape index (κ3) is 3.03. The average molecular weight is 263 g/mol. The molecule has 4 heteroatoms. The van der Waals surface area contributed by atoms with E-state index in [2.05, 4.69) is 0 Å². The van der Waals surface area contributed by atoms with Gasteiger partial charge in [0.15, 0.2) is 0 Å². The minimum Gasteiger partial charge on any atom is -0.497 e. The second-order valence-electron chi connectivity index (χ2n) is 3.74. The van der Waals surface area contributed by atoms with Gasteiger partial charge in [0.2, 0.25) is 0 Å². The van der Waals surface area contributed by atoms with Gasteiger partial charge in [0.05, 0.1) is 7.11 Å². The number of halogens is 1. The minimum atomic E-state index is -0.259. The van der Waals surface area contributed by atoms with Gasteiger partial charge >= 0.3 is 0 Å². The Balaban J connectivity index is 2.27. The highest BCUT2D eigenvalue weighted by Gasteiger charge is 2.05. The van der Waals surface area contributed by atoms with Crippen molar-refractivity contribution in [3.05, 3.63) is 53.8 Å². The van der Waals surface area contributed by atoms with E-state index in [9.17, 15) is 4.39 Å². The predicted octanol–water partition coefficient (Wildman–Crippen LogP) is 3.44. The van der Waals surface area contributed by atoms with Gasteiger partial charge in [-0.2, -0.15) is 0 Å². The lowest BCUT2D eigenvalue weighted by molar-refractivity contribution is 0.413. The van der Waals surface area contributed by atoms with Gasteiger partial charge in [-0.1, -0.05) is 17.8 Å². The first-order valence-electron chi connectivity index (χ1n) is 5.53. The number of hydrogen-bond donors (Lipinski definition) is 1. The molecule has 2 nitrogen and oxygen atoms in total. The van der Waals surface area contributed by atoms with E-state index < -0.39 is 0 Å². The molecule has 2 N–H and O–H groups in total. The normalized spacial score (nSPS) is 10.4. The van der Waals surface area contributed by atoms with Crippen LogP contribution in [0.25, 0.3) is 0 Å². The molecule has 0 saturated carbocycles. The average Bonchev–Trinajstić information content (AvgIpc) is 2.41. The highest BCUT2D eigenvalue weighted by molar-refractivity contribution is 7.99. The van der Waals surface area contributed by atoms with E-state index in [1.165, 1.54) is 12.1 Å². The van der Waals surface area contributed by atoms with Crippen molar-refractivity contribution in [1.29, 1.82) is 0 Å². The van der Waals surface area contributed by atoms with Crippen LogP contribution in [0.4, 0.5) is 4.39 Å². The number of hydrogen-bond acceptors (Lipinski definition) is 3. The van der Waals surface area contributed by atoms with Gasteiger partial charge in [-0.3, -0.25) is 0 Å². The van der Waals surface area contributed by atoms with Gasteiger partial charge in [0.25, 0.3) is 0 Å². The van der Waals surface area contributed by atoms with Crippen molar-refractivity contribution in [2.24, 2.45) is 5.73 Å². The summed E-state index contributed by atoms with van der Waals surface area (Å²) in [5.41, 5.74) is 6.43. The molecular formula is C14H14FNOS. The van der Waals surface area contributed by atoms with E-state index in [1.807, 2.05) is 24.3 Å². The maximum Gasteiger partial charge on any atom is 0.123 e. The molecule has 2 aromatic carbocycles. The molecule has 0 amide bonds. The minimum absolute atomic E-state index is 0.259. The maximum atomic E-state index is 13.1. The molecule has 0 bridgehead atoms. The quantitative estimate of drug-likeness (QED) is 0.917. The molecule has 0 aliphatic carbocycles. The van der Waals surface area contributed by atoms with Crippen molar-refractivity contribution in [1.82, 2.24) is 0 Å². The van der Waals surface area contributed by atoms with E-state index in [0.29, 0.717) is 6.54 Å².